The molecular weight excluding hydrogens is 353 g/mol. The Morgan fingerprint density at radius 1 is 1.12 bits per heavy atom. The maximum absolute atomic E-state index is 13.0. The highest BCUT2D eigenvalue weighted by atomic mass is 32.1. The van der Waals surface area contributed by atoms with Gasteiger partial charge in [0.2, 0.25) is 0 Å². The van der Waals surface area contributed by atoms with Crippen LogP contribution in [0.4, 0.5) is 4.39 Å². The zero-order valence-electron chi connectivity index (χ0n) is 13.2. The highest BCUT2D eigenvalue weighted by molar-refractivity contribution is 7.15. The van der Waals surface area contributed by atoms with E-state index in [4.69, 9.17) is 4.42 Å². The first-order valence-corrected chi connectivity index (χ1v) is 8.64. The molecule has 0 saturated carbocycles. The van der Waals surface area contributed by atoms with Crippen molar-refractivity contribution in [2.75, 3.05) is 0 Å². The van der Waals surface area contributed by atoms with E-state index in [9.17, 15) is 9.18 Å². The van der Waals surface area contributed by atoms with Gasteiger partial charge in [0.15, 0.2) is 10.6 Å². The van der Waals surface area contributed by atoms with Gasteiger partial charge in [-0.3, -0.25) is 4.79 Å². The molecule has 0 aliphatic rings. The summed E-state index contributed by atoms with van der Waals surface area (Å²) in [5.41, 5.74) is 1.84. The van der Waals surface area contributed by atoms with Gasteiger partial charge in [-0.15, -0.1) is 0 Å². The molecule has 0 aliphatic carbocycles. The van der Waals surface area contributed by atoms with Crippen molar-refractivity contribution in [3.05, 3.63) is 81.2 Å². The third-order valence-corrected chi connectivity index (χ3v) is 5.00. The van der Waals surface area contributed by atoms with Crippen LogP contribution in [0.2, 0.25) is 0 Å². The lowest BCUT2D eigenvalue weighted by Gasteiger charge is -1.95. The molecular formula is C19H10FN3O2S. The number of pyridine rings is 1. The fraction of sp³-hybridized carbons (Fsp3) is 0. The second-order valence-corrected chi connectivity index (χ2v) is 6.71. The summed E-state index contributed by atoms with van der Waals surface area (Å²) in [6, 6.07) is 13.2. The van der Waals surface area contributed by atoms with Crippen LogP contribution < -0.4 is 10.1 Å². The van der Waals surface area contributed by atoms with E-state index >= 15 is 0 Å². The van der Waals surface area contributed by atoms with Crippen LogP contribution in [-0.2, 0) is 0 Å². The first-order chi connectivity index (χ1) is 12.7. The van der Waals surface area contributed by atoms with Crippen molar-refractivity contribution in [2.24, 2.45) is 0 Å². The van der Waals surface area contributed by atoms with Crippen molar-refractivity contribution in [2.45, 2.75) is 0 Å². The number of benzene rings is 1. The molecule has 0 bridgehead atoms. The molecule has 26 heavy (non-hydrogen) atoms. The molecule has 0 unspecified atom stereocenters. The number of hydrogen-bond donors (Lipinski definition) is 0. The van der Waals surface area contributed by atoms with Crippen molar-refractivity contribution >= 4 is 33.5 Å². The molecule has 4 heterocycles. The Balaban J connectivity index is 1.62. The van der Waals surface area contributed by atoms with Crippen molar-refractivity contribution in [3.8, 4) is 11.3 Å². The summed E-state index contributed by atoms with van der Waals surface area (Å²) in [5.74, 6) is 0.853. The van der Waals surface area contributed by atoms with E-state index in [1.54, 1.807) is 42.6 Å². The average Bonchev–Trinajstić information content (AvgIpc) is 3.32. The zero-order chi connectivity index (χ0) is 17.7. The Kier molecular flexibility index (Phi) is 3.23. The van der Waals surface area contributed by atoms with E-state index in [1.807, 2.05) is 6.07 Å². The van der Waals surface area contributed by atoms with Gasteiger partial charge in [0.1, 0.15) is 27.4 Å². The molecule has 5 nitrogen and oxygen atoms in total. The SMILES string of the molecule is O=c1/c(=C/c2ccc(-c3ccc(F)cc3)o2)sc2nc3cccnc3n12. The molecule has 0 radical (unpaired) electrons. The normalized spacial score (nSPS) is 12.4. The average molecular weight is 363 g/mol. The fourth-order valence-electron chi connectivity index (χ4n) is 2.82. The summed E-state index contributed by atoms with van der Waals surface area (Å²) >= 11 is 1.29. The Morgan fingerprint density at radius 3 is 2.81 bits per heavy atom. The van der Waals surface area contributed by atoms with E-state index < -0.39 is 0 Å². The molecule has 0 spiro atoms. The number of halogens is 1. The van der Waals surface area contributed by atoms with Crippen molar-refractivity contribution in [1.29, 1.82) is 0 Å². The van der Waals surface area contributed by atoms with Crippen LogP contribution in [0.1, 0.15) is 5.76 Å². The van der Waals surface area contributed by atoms with E-state index in [-0.39, 0.29) is 11.4 Å². The van der Waals surface area contributed by atoms with Gasteiger partial charge in [0.25, 0.3) is 5.56 Å². The van der Waals surface area contributed by atoms with Gasteiger partial charge >= 0.3 is 0 Å². The second-order valence-electron chi connectivity index (χ2n) is 5.70. The lowest BCUT2D eigenvalue weighted by Crippen LogP contribution is -2.22. The molecule has 5 aromatic rings. The Bertz CT molecular complexity index is 1370. The standard InChI is InChI=1S/C19H10FN3O2S/c20-12-5-3-11(4-6-12)15-8-7-13(25-15)10-16-18(24)23-17-14(2-1-9-21-17)22-19(23)26-16/h1-10H/b16-10-. The first-order valence-electron chi connectivity index (χ1n) is 7.82. The minimum absolute atomic E-state index is 0.175. The molecule has 0 N–H and O–H groups in total. The topological polar surface area (TPSA) is 60.4 Å². The number of thiazole rings is 1. The Hall–Kier alpha value is -3.32. The largest absolute Gasteiger partial charge is 0.457 e. The van der Waals surface area contributed by atoms with E-state index in [1.165, 1.54) is 27.9 Å². The van der Waals surface area contributed by atoms with Crippen LogP contribution in [0.25, 0.3) is 33.5 Å². The third kappa shape index (κ3) is 2.33. The summed E-state index contributed by atoms with van der Waals surface area (Å²) in [4.78, 5) is 22.0. The molecule has 0 saturated heterocycles. The van der Waals surface area contributed by atoms with Gasteiger partial charge in [-0.1, -0.05) is 11.3 Å². The van der Waals surface area contributed by atoms with Gasteiger partial charge in [-0.2, -0.15) is 0 Å². The number of imidazole rings is 1. The fourth-order valence-corrected chi connectivity index (χ4v) is 3.77. The van der Waals surface area contributed by atoms with Gasteiger partial charge in [-0.25, -0.2) is 18.8 Å². The Labute approximate surface area is 149 Å². The van der Waals surface area contributed by atoms with Crippen LogP contribution in [0, 0.1) is 5.82 Å². The van der Waals surface area contributed by atoms with Gasteiger partial charge < -0.3 is 4.42 Å². The minimum atomic E-state index is -0.300. The number of hydrogen-bond acceptors (Lipinski definition) is 5. The highest BCUT2D eigenvalue weighted by Crippen LogP contribution is 2.23. The molecule has 4 aromatic heterocycles. The van der Waals surface area contributed by atoms with Crippen LogP contribution in [0.15, 0.2) is 63.9 Å². The number of rotatable bonds is 2. The molecule has 126 valence electrons. The smallest absolute Gasteiger partial charge is 0.276 e. The number of aromatic nitrogens is 3. The molecule has 0 atom stereocenters. The van der Waals surface area contributed by atoms with E-state index in [2.05, 4.69) is 9.97 Å². The maximum Gasteiger partial charge on any atom is 0.276 e. The molecule has 1 aromatic carbocycles. The summed E-state index contributed by atoms with van der Waals surface area (Å²) in [6.07, 6.45) is 3.32. The summed E-state index contributed by atoms with van der Waals surface area (Å²) in [6.45, 7) is 0. The zero-order valence-corrected chi connectivity index (χ0v) is 14.0. The molecule has 7 heteroatoms. The maximum atomic E-state index is 13.0. The van der Waals surface area contributed by atoms with Crippen LogP contribution in [0.5, 0.6) is 0 Å². The van der Waals surface area contributed by atoms with Crippen LogP contribution >= 0.6 is 11.3 Å². The lowest BCUT2D eigenvalue weighted by atomic mass is 10.2. The van der Waals surface area contributed by atoms with Crippen molar-refractivity contribution in [3.63, 3.8) is 0 Å². The number of furan rings is 1. The Morgan fingerprint density at radius 2 is 1.96 bits per heavy atom. The first kappa shape index (κ1) is 15.0. The lowest BCUT2D eigenvalue weighted by molar-refractivity contribution is 0.571. The monoisotopic (exact) mass is 363 g/mol. The minimum Gasteiger partial charge on any atom is -0.457 e. The van der Waals surface area contributed by atoms with E-state index in [0.717, 1.165) is 5.56 Å². The van der Waals surface area contributed by atoms with Gasteiger partial charge in [0.05, 0.1) is 0 Å². The number of fused-ring (bicyclic) bond motifs is 3. The number of nitrogens with zero attached hydrogens (tertiary/aromatic N) is 3. The van der Waals surface area contributed by atoms with Gasteiger partial charge in [-0.05, 0) is 48.5 Å². The van der Waals surface area contributed by atoms with Crippen LogP contribution in [-0.4, -0.2) is 14.4 Å². The molecule has 0 fully saturated rings. The molecule has 0 aliphatic heterocycles. The molecule has 5 rings (SSSR count). The predicted molar refractivity (Wildman–Crippen MR) is 97.5 cm³/mol. The summed E-state index contributed by atoms with van der Waals surface area (Å²) in [5, 5.41) is 0. The third-order valence-electron chi connectivity index (χ3n) is 4.03. The van der Waals surface area contributed by atoms with E-state index in [0.29, 0.717) is 32.2 Å². The summed E-state index contributed by atoms with van der Waals surface area (Å²) in [7, 11) is 0. The predicted octanol–water partition coefficient (Wildman–Crippen LogP) is 3.25. The van der Waals surface area contributed by atoms with Gasteiger partial charge in [0, 0.05) is 17.8 Å². The highest BCUT2D eigenvalue weighted by Gasteiger charge is 2.12. The van der Waals surface area contributed by atoms with Crippen molar-refractivity contribution < 1.29 is 8.81 Å². The quantitative estimate of drug-likeness (QED) is 0.483. The second kappa shape index (κ2) is 5.60. The van der Waals surface area contributed by atoms with Crippen LogP contribution in [0.3, 0.4) is 0 Å². The van der Waals surface area contributed by atoms with Crippen molar-refractivity contribution in [1.82, 2.24) is 14.4 Å². The summed E-state index contributed by atoms with van der Waals surface area (Å²) < 4.78 is 20.8. The molecule has 0 amide bonds.